The van der Waals surface area contributed by atoms with Crippen molar-refractivity contribution in [3.8, 4) is 0 Å². The van der Waals surface area contributed by atoms with Gasteiger partial charge in [0.05, 0.1) is 38.6 Å². The van der Waals surface area contributed by atoms with Crippen LogP contribution in [0.1, 0.15) is 348 Å². The van der Waals surface area contributed by atoms with Crippen LogP contribution in [-0.2, 0) is 33.2 Å². The van der Waals surface area contributed by atoms with E-state index in [1.807, 2.05) is 6.08 Å². The average molecular weight is 1490 g/mol. The van der Waals surface area contributed by atoms with Crippen molar-refractivity contribution in [2.45, 2.75) is 452 Å². The van der Waals surface area contributed by atoms with E-state index < -0.39 is 124 Å². The van der Waals surface area contributed by atoms with Gasteiger partial charge in [0.1, 0.15) is 73.2 Å². The molecule has 0 bridgehead atoms. The van der Waals surface area contributed by atoms with E-state index in [9.17, 15) is 61.0 Å². The van der Waals surface area contributed by atoms with Gasteiger partial charge in [-0.05, 0) is 77.0 Å². The first kappa shape index (κ1) is 96.7. The van der Waals surface area contributed by atoms with Crippen molar-refractivity contribution < 1.29 is 89.4 Å². The molecule has 3 fully saturated rings. The number of aliphatic hydroxyl groups excluding tert-OH is 11. The monoisotopic (exact) mass is 1490 g/mol. The van der Waals surface area contributed by atoms with Crippen molar-refractivity contribution in [2.75, 3.05) is 26.4 Å². The van der Waals surface area contributed by atoms with Crippen LogP contribution in [0.3, 0.4) is 0 Å². The predicted molar refractivity (Wildman–Crippen MR) is 420 cm³/mol. The van der Waals surface area contributed by atoms with E-state index in [0.717, 1.165) is 51.4 Å². The van der Waals surface area contributed by atoms with E-state index in [-0.39, 0.29) is 18.9 Å². The van der Waals surface area contributed by atoms with Crippen LogP contribution in [0.5, 0.6) is 0 Å². The third-order valence-electron chi connectivity index (χ3n) is 21.3. The highest BCUT2D eigenvalue weighted by atomic mass is 16.8. The third kappa shape index (κ3) is 45.6. The SMILES string of the molecule is CCCCCCC/C=C\C/C=C\CCCCCCCCCCCCCCCCCCCCCCCCCC(=O)NC(COC1OC(CO)C(OC2OC(CO)C(OC3OC(CO)C(O)C(O)C3O)C(O)C2O)C(O)C1O)C(O)/C=C/CC/C=C/CC/C=C/CCCCCCCCCCCCCCCCC. The minimum absolute atomic E-state index is 0.234. The van der Waals surface area contributed by atoms with Crippen molar-refractivity contribution in [1.29, 1.82) is 0 Å². The number of rotatable bonds is 69. The predicted octanol–water partition coefficient (Wildman–Crippen LogP) is 15.4. The lowest BCUT2D eigenvalue weighted by Crippen LogP contribution is -2.66. The number of aliphatic hydroxyl groups is 11. The van der Waals surface area contributed by atoms with Crippen LogP contribution in [0.15, 0.2) is 60.8 Å². The Balaban J connectivity index is 1.35. The van der Waals surface area contributed by atoms with Gasteiger partial charge in [-0.25, -0.2) is 0 Å². The summed E-state index contributed by atoms with van der Waals surface area (Å²) in [5.74, 6) is -0.284. The fraction of sp³-hybridized carbons (Fsp3) is 0.872. The van der Waals surface area contributed by atoms with Crippen molar-refractivity contribution >= 4 is 5.91 Å². The number of allylic oxidation sites excluding steroid dienone is 9. The minimum atomic E-state index is -1.98. The zero-order valence-electron chi connectivity index (χ0n) is 66.0. The van der Waals surface area contributed by atoms with Crippen molar-refractivity contribution in [3.05, 3.63) is 60.8 Å². The Bertz CT molecular complexity index is 2130. The van der Waals surface area contributed by atoms with E-state index in [4.69, 9.17) is 28.4 Å². The first-order valence-corrected chi connectivity index (χ1v) is 43.0. The Morgan fingerprint density at radius 1 is 0.343 bits per heavy atom. The van der Waals surface area contributed by atoms with Gasteiger partial charge >= 0.3 is 0 Å². The van der Waals surface area contributed by atoms with Gasteiger partial charge in [0, 0.05) is 6.42 Å². The second-order valence-corrected chi connectivity index (χ2v) is 30.6. The van der Waals surface area contributed by atoms with Crippen LogP contribution < -0.4 is 5.32 Å². The summed E-state index contributed by atoms with van der Waals surface area (Å²) in [4.78, 5) is 13.5. The first-order valence-electron chi connectivity index (χ1n) is 43.0. The maximum atomic E-state index is 13.5. The minimum Gasteiger partial charge on any atom is -0.394 e. The molecule has 17 atom stereocenters. The highest BCUT2D eigenvalue weighted by molar-refractivity contribution is 5.76. The molecule has 19 nitrogen and oxygen atoms in total. The van der Waals surface area contributed by atoms with Crippen molar-refractivity contribution in [1.82, 2.24) is 5.32 Å². The van der Waals surface area contributed by atoms with Crippen LogP contribution in [0.2, 0.25) is 0 Å². The Hall–Kier alpha value is -2.51. The smallest absolute Gasteiger partial charge is 0.220 e. The number of ether oxygens (including phenoxy) is 6. The fourth-order valence-corrected chi connectivity index (χ4v) is 14.4. The zero-order valence-corrected chi connectivity index (χ0v) is 66.0. The molecule has 0 aromatic carbocycles. The molecule has 3 heterocycles. The lowest BCUT2D eigenvalue weighted by Gasteiger charge is -2.48. The highest BCUT2D eigenvalue weighted by Crippen LogP contribution is 2.33. The zero-order chi connectivity index (χ0) is 76.0. The summed E-state index contributed by atoms with van der Waals surface area (Å²) in [5, 5.41) is 121. The molecule has 0 aliphatic carbocycles. The normalized spacial score (nSPS) is 26.0. The summed E-state index contributed by atoms with van der Waals surface area (Å²) >= 11 is 0. The summed E-state index contributed by atoms with van der Waals surface area (Å²) in [6.07, 6.45) is 59.4. The molecule has 0 spiro atoms. The lowest BCUT2D eigenvalue weighted by atomic mass is 9.96. The molecule has 3 saturated heterocycles. The number of unbranched alkanes of at least 4 members (excludes halogenated alkanes) is 45. The molecule has 3 aliphatic rings. The van der Waals surface area contributed by atoms with Gasteiger partial charge in [0.2, 0.25) is 5.91 Å². The van der Waals surface area contributed by atoms with Crippen LogP contribution in [0.25, 0.3) is 0 Å². The maximum Gasteiger partial charge on any atom is 0.220 e. The first-order chi connectivity index (χ1) is 51.3. The van der Waals surface area contributed by atoms with Crippen molar-refractivity contribution in [2.24, 2.45) is 0 Å². The summed E-state index contributed by atoms with van der Waals surface area (Å²) < 4.78 is 34.5. The Morgan fingerprint density at radius 2 is 0.638 bits per heavy atom. The van der Waals surface area contributed by atoms with Gasteiger partial charge in [-0.15, -0.1) is 0 Å². The molecule has 1 amide bonds. The van der Waals surface area contributed by atoms with E-state index >= 15 is 0 Å². The van der Waals surface area contributed by atoms with Gasteiger partial charge in [-0.1, -0.05) is 325 Å². The summed E-state index contributed by atoms with van der Waals surface area (Å²) in [6.45, 7) is 1.75. The molecule has 0 radical (unpaired) electrons. The number of amides is 1. The number of hydrogen-bond donors (Lipinski definition) is 12. The molecule has 12 N–H and O–H groups in total. The van der Waals surface area contributed by atoms with Crippen molar-refractivity contribution in [3.63, 3.8) is 0 Å². The molecule has 3 aliphatic heterocycles. The third-order valence-corrected chi connectivity index (χ3v) is 21.3. The Labute approximate surface area is 636 Å². The molecule has 0 aromatic rings. The van der Waals surface area contributed by atoms with Gasteiger partial charge in [-0.3, -0.25) is 4.79 Å². The van der Waals surface area contributed by atoms with E-state index in [2.05, 4.69) is 67.8 Å². The molecular weight excluding hydrogens is 1330 g/mol. The summed E-state index contributed by atoms with van der Waals surface area (Å²) in [6, 6.07) is -0.999. The Kier molecular flexibility index (Phi) is 60.9. The summed E-state index contributed by atoms with van der Waals surface area (Å²) in [7, 11) is 0. The Morgan fingerprint density at radius 3 is 1.01 bits per heavy atom. The second-order valence-electron chi connectivity index (χ2n) is 30.6. The molecule has 0 saturated carbocycles. The van der Waals surface area contributed by atoms with Crippen LogP contribution in [0, 0.1) is 0 Å². The molecule has 17 unspecified atom stereocenters. The van der Waals surface area contributed by atoms with Crippen LogP contribution in [0.4, 0.5) is 0 Å². The number of hydrogen-bond acceptors (Lipinski definition) is 18. The van der Waals surface area contributed by atoms with Crippen LogP contribution >= 0.6 is 0 Å². The van der Waals surface area contributed by atoms with Gasteiger partial charge in [0.15, 0.2) is 18.9 Å². The summed E-state index contributed by atoms with van der Waals surface area (Å²) in [5.41, 5.74) is 0. The standard InChI is InChI=1S/C86H157NO18/c1-3-5-7-9-11-13-15-17-19-21-23-25-27-29-30-31-32-33-34-35-36-37-38-40-42-44-46-48-50-52-54-56-58-60-62-64-74(92)87-69(70(91)63-61-59-57-55-53-51-49-47-45-43-41-39-28-26-24-22-20-18-16-14-12-10-8-6-4-2)68-100-84-80(98)77(95)82(72(66-89)102-84)105-86-81(99)78(96)83(73(67-90)103-86)104-85-79(97)76(94)75(93)71(65-88)101-85/h15,17,21,23,45,47,53,55,61,63,69-73,75-86,88-91,93-99H,3-14,16,18-20,22,24-44,46,48-52,54,56-60,62,64-68H2,1-2H3,(H,87,92)/b17-15-,23-21-,47-45+,55-53+,63-61+. The molecule has 105 heavy (non-hydrogen) atoms. The van der Waals surface area contributed by atoms with E-state index in [0.29, 0.717) is 12.8 Å². The van der Waals surface area contributed by atoms with E-state index in [1.54, 1.807) is 6.08 Å². The van der Waals surface area contributed by atoms with Gasteiger partial charge in [-0.2, -0.15) is 0 Å². The average Bonchev–Trinajstić information content (AvgIpc) is 0.781. The number of carbonyl (C=O) groups excluding carboxylic acids is 1. The molecule has 3 rings (SSSR count). The molecule has 0 aromatic heterocycles. The molecular formula is C86H157NO18. The topological polar surface area (TPSA) is 307 Å². The fourth-order valence-electron chi connectivity index (χ4n) is 14.4. The highest BCUT2D eigenvalue weighted by Gasteiger charge is 2.54. The number of nitrogens with one attached hydrogen (secondary N) is 1. The van der Waals surface area contributed by atoms with Gasteiger partial charge < -0.3 is 89.9 Å². The second kappa shape index (κ2) is 66.1. The van der Waals surface area contributed by atoms with E-state index in [1.165, 1.54) is 263 Å². The quantitative estimate of drug-likeness (QED) is 0.0199. The number of carbonyl (C=O) groups is 1. The largest absolute Gasteiger partial charge is 0.394 e. The lowest BCUT2D eigenvalue weighted by molar-refractivity contribution is -0.379. The molecule has 19 heteroatoms. The van der Waals surface area contributed by atoms with Gasteiger partial charge in [0.25, 0.3) is 0 Å². The van der Waals surface area contributed by atoms with Crippen LogP contribution in [-0.4, -0.2) is 193 Å². The maximum absolute atomic E-state index is 13.5. The molecule has 614 valence electrons.